The van der Waals surface area contributed by atoms with Gasteiger partial charge < -0.3 is 4.74 Å². The highest BCUT2D eigenvalue weighted by Gasteiger charge is 2.10. The Labute approximate surface area is 133 Å². The summed E-state index contributed by atoms with van der Waals surface area (Å²) in [7, 11) is 0. The molecule has 1 heterocycles. The van der Waals surface area contributed by atoms with Crippen molar-refractivity contribution in [3.8, 4) is 17.0 Å². The molecule has 0 radical (unpaired) electrons. The molecule has 0 aliphatic rings. The van der Waals surface area contributed by atoms with Crippen LogP contribution in [0.4, 0.5) is 4.39 Å². The second-order valence-corrected chi connectivity index (χ2v) is 4.98. The van der Waals surface area contributed by atoms with Crippen molar-refractivity contribution >= 4 is 6.29 Å². The molecule has 23 heavy (non-hydrogen) atoms. The maximum atomic E-state index is 13.4. The number of carbonyl (C=O) groups excluding carboxylic acids is 1. The number of aldehydes is 1. The van der Waals surface area contributed by atoms with Gasteiger partial charge in [0.1, 0.15) is 12.4 Å². The van der Waals surface area contributed by atoms with Gasteiger partial charge in [-0.1, -0.05) is 42.5 Å². The van der Waals surface area contributed by atoms with Gasteiger partial charge in [-0.3, -0.25) is 9.78 Å². The number of ether oxygens (including phenoxy) is 1. The molecule has 0 N–H and O–H groups in total. The maximum Gasteiger partial charge on any atom is 0.153 e. The van der Waals surface area contributed by atoms with Crippen LogP contribution in [0.2, 0.25) is 0 Å². The summed E-state index contributed by atoms with van der Waals surface area (Å²) in [6.07, 6.45) is 1.53. The summed E-state index contributed by atoms with van der Waals surface area (Å²) in [6, 6.07) is 18.6. The molecule has 0 bridgehead atoms. The molecule has 0 saturated heterocycles. The third-order valence-electron chi connectivity index (χ3n) is 3.41. The molecule has 1 aromatic heterocycles. The molecule has 4 heteroatoms. The summed E-state index contributed by atoms with van der Waals surface area (Å²) in [6.45, 7) is 0.416. The molecule has 0 unspecified atom stereocenters. The molecule has 0 aliphatic heterocycles. The largest absolute Gasteiger partial charge is 0.488 e. The summed E-state index contributed by atoms with van der Waals surface area (Å²) >= 11 is 0. The molecule has 3 aromatic rings. The fourth-order valence-electron chi connectivity index (χ4n) is 2.23. The highest BCUT2D eigenvalue weighted by molar-refractivity contribution is 5.79. The summed E-state index contributed by atoms with van der Waals surface area (Å²) in [5.74, 6) is -0.00116. The molecule has 0 fully saturated rings. The van der Waals surface area contributed by atoms with Crippen molar-refractivity contribution in [3.05, 3.63) is 83.8 Å². The van der Waals surface area contributed by atoms with Crippen molar-refractivity contribution in [1.29, 1.82) is 0 Å². The van der Waals surface area contributed by atoms with Crippen LogP contribution in [0.15, 0.2) is 66.9 Å². The minimum atomic E-state index is -0.633. The number of halogens is 1. The van der Waals surface area contributed by atoms with Gasteiger partial charge in [-0.2, -0.15) is 0 Å². The van der Waals surface area contributed by atoms with Gasteiger partial charge in [0.15, 0.2) is 12.1 Å². The van der Waals surface area contributed by atoms with E-state index in [1.165, 1.54) is 6.07 Å². The smallest absolute Gasteiger partial charge is 0.153 e. The van der Waals surface area contributed by atoms with Gasteiger partial charge in [0.25, 0.3) is 0 Å². The van der Waals surface area contributed by atoms with Crippen LogP contribution in [-0.2, 0) is 6.61 Å². The molecule has 2 aromatic carbocycles. The first-order valence-electron chi connectivity index (χ1n) is 7.15. The molecule has 0 saturated carbocycles. The van der Waals surface area contributed by atoms with E-state index in [4.69, 9.17) is 4.74 Å². The maximum absolute atomic E-state index is 13.4. The predicted molar refractivity (Wildman–Crippen MR) is 85.8 cm³/mol. The SMILES string of the molecule is O=Cc1cc(-c2ccccc2OCc2ccccc2)ncc1F. The summed E-state index contributed by atoms with van der Waals surface area (Å²) in [4.78, 5) is 15.0. The van der Waals surface area contributed by atoms with Crippen molar-refractivity contribution in [1.82, 2.24) is 4.98 Å². The summed E-state index contributed by atoms with van der Waals surface area (Å²) in [5, 5.41) is 0. The molecule has 0 atom stereocenters. The highest BCUT2D eigenvalue weighted by Crippen LogP contribution is 2.29. The average molecular weight is 307 g/mol. The van der Waals surface area contributed by atoms with Crippen LogP contribution < -0.4 is 4.74 Å². The van der Waals surface area contributed by atoms with Gasteiger partial charge in [0.05, 0.1) is 17.5 Å². The minimum absolute atomic E-state index is 0.0205. The fourth-order valence-corrected chi connectivity index (χ4v) is 2.23. The van der Waals surface area contributed by atoms with Gasteiger partial charge in [0.2, 0.25) is 0 Å². The van der Waals surface area contributed by atoms with Crippen LogP contribution >= 0.6 is 0 Å². The lowest BCUT2D eigenvalue weighted by molar-refractivity contribution is 0.111. The van der Waals surface area contributed by atoms with Crippen molar-refractivity contribution in [2.75, 3.05) is 0 Å². The third kappa shape index (κ3) is 3.43. The zero-order valence-corrected chi connectivity index (χ0v) is 12.3. The zero-order valence-electron chi connectivity index (χ0n) is 12.3. The number of aromatic nitrogens is 1. The number of carbonyl (C=O) groups is 1. The van der Waals surface area contributed by atoms with E-state index in [1.54, 1.807) is 0 Å². The van der Waals surface area contributed by atoms with Gasteiger partial charge in [-0.05, 0) is 23.8 Å². The summed E-state index contributed by atoms with van der Waals surface area (Å²) in [5.41, 5.74) is 2.24. The number of hydrogen-bond acceptors (Lipinski definition) is 3. The van der Waals surface area contributed by atoms with Gasteiger partial charge in [0, 0.05) is 5.56 Å². The van der Waals surface area contributed by atoms with Crippen molar-refractivity contribution in [3.63, 3.8) is 0 Å². The van der Waals surface area contributed by atoms with Crippen LogP contribution in [0.1, 0.15) is 15.9 Å². The zero-order chi connectivity index (χ0) is 16.1. The normalized spacial score (nSPS) is 10.3. The quantitative estimate of drug-likeness (QED) is 0.660. The predicted octanol–water partition coefficient (Wildman–Crippen LogP) is 4.28. The van der Waals surface area contributed by atoms with E-state index in [1.807, 2.05) is 54.6 Å². The monoisotopic (exact) mass is 307 g/mol. The molecular formula is C19H14FNO2. The lowest BCUT2D eigenvalue weighted by Crippen LogP contribution is -1.98. The van der Waals surface area contributed by atoms with Crippen LogP contribution in [0.5, 0.6) is 5.75 Å². The Morgan fingerprint density at radius 1 is 1.04 bits per heavy atom. The second kappa shape index (κ2) is 6.83. The Hall–Kier alpha value is -3.01. The first-order chi connectivity index (χ1) is 11.3. The van der Waals surface area contributed by atoms with E-state index >= 15 is 0 Å². The standard InChI is InChI=1S/C19H14FNO2/c20-17-11-21-18(10-15(17)12-22)16-8-4-5-9-19(16)23-13-14-6-2-1-3-7-14/h1-12H,13H2. The van der Waals surface area contributed by atoms with Crippen molar-refractivity contribution in [2.24, 2.45) is 0 Å². The van der Waals surface area contributed by atoms with E-state index in [0.29, 0.717) is 29.9 Å². The topological polar surface area (TPSA) is 39.2 Å². The lowest BCUT2D eigenvalue weighted by Gasteiger charge is -2.11. The van der Waals surface area contributed by atoms with E-state index in [9.17, 15) is 9.18 Å². The van der Waals surface area contributed by atoms with Gasteiger partial charge in [-0.15, -0.1) is 0 Å². The molecule has 0 amide bonds. The van der Waals surface area contributed by atoms with E-state index in [-0.39, 0.29) is 5.56 Å². The van der Waals surface area contributed by atoms with Crippen molar-refractivity contribution in [2.45, 2.75) is 6.61 Å². The number of para-hydroxylation sites is 1. The minimum Gasteiger partial charge on any atom is -0.488 e. The molecule has 3 rings (SSSR count). The van der Waals surface area contributed by atoms with E-state index in [0.717, 1.165) is 11.8 Å². The van der Waals surface area contributed by atoms with Crippen LogP contribution in [0.3, 0.4) is 0 Å². The Kier molecular flexibility index (Phi) is 4.43. The molecular weight excluding hydrogens is 293 g/mol. The number of benzene rings is 2. The first-order valence-corrected chi connectivity index (χ1v) is 7.15. The van der Waals surface area contributed by atoms with Crippen LogP contribution in [0, 0.1) is 5.82 Å². The Morgan fingerprint density at radius 3 is 2.57 bits per heavy atom. The van der Waals surface area contributed by atoms with Gasteiger partial charge >= 0.3 is 0 Å². The highest BCUT2D eigenvalue weighted by atomic mass is 19.1. The lowest BCUT2D eigenvalue weighted by atomic mass is 10.1. The number of hydrogen-bond donors (Lipinski definition) is 0. The summed E-state index contributed by atoms with van der Waals surface area (Å²) < 4.78 is 19.3. The Morgan fingerprint density at radius 2 is 1.78 bits per heavy atom. The fraction of sp³-hybridized carbons (Fsp3) is 0.0526. The van der Waals surface area contributed by atoms with E-state index < -0.39 is 5.82 Å². The van der Waals surface area contributed by atoms with Crippen LogP contribution in [-0.4, -0.2) is 11.3 Å². The Balaban J connectivity index is 1.90. The first kappa shape index (κ1) is 14.9. The third-order valence-corrected chi connectivity index (χ3v) is 3.41. The van der Waals surface area contributed by atoms with Crippen LogP contribution in [0.25, 0.3) is 11.3 Å². The number of nitrogens with zero attached hydrogens (tertiary/aromatic N) is 1. The second-order valence-electron chi connectivity index (χ2n) is 4.98. The number of pyridine rings is 1. The molecule has 114 valence electrons. The molecule has 0 spiro atoms. The van der Waals surface area contributed by atoms with Gasteiger partial charge in [-0.25, -0.2) is 4.39 Å². The Bertz CT molecular complexity index is 819. The van der Waals surface area contributed by atoms with E-state index in [2.05, 4.69) is 4.98 Å². The average Bonchev–Trinajstić information content (AvgIpc) is 2.61. The molecule has 0 aliphatic carbocycles. The number of rotatable bonds is 5. The van der Waals surface area contributed by atoms with Crippen molar-refractivity contribution < 1.29 is 13.9 Å². The molecule has 3 nitrogen and oxygen atoms in total.